The molecule has 0 radical (unpaired) electrons. The quantitative estimate of drug-likeness (QED) is 0.725. The summed E-state index contributed by atoms with van der Waals surface area (Å²) in [4.78, 5) is 6.77. The highest BCUT2D eigenvalue weighted by molar-refractivity contribution is 7.07. The molecule has 4 heteroatoms. The molecule has 1 fully saturated rings. The SMILES string of the molecule is CN1CCNCC1(C)c1cscn1. The molecule has 3 nitrogen and oxygen atoms in total. The van der Waals surface area contributed by atoms with Gasteiger partial charge in [0.25, 0.3) is 0 Å². The van der Waals surface area contributed by atoms with Gasteiger partial charge in [0, 0.05) is 25.0 Å². The van der Waals surface area contributed by atoms with E-state index >= 15 is 0 Å². The lowest BCUT2D eigenvalue weighted by atomic mass is 9.95. The first kappa shape index (κ1) is 9.12. The first-order chi connectivity index (χ1) is 6.23. The largest absolute Gasteiger partial charge is 0.313 e. The molecule has 1 aromatic heterocycles. The Bertz CT molecular complexity index is 272. The molecule has 1 aliphatic rings. The summed E-state index contributed by atoms with van der Waals surface area (Å²) in [6.07, 6.45) is 0. The van der Waals surface area contributed by atoms with Gasteiger partial charge in [-0.3, -0.25) is 4.90 Å². The van der Waals surface area contributed by atoms with Gasteiger partial charge in [-0.25, -0.2) is 4.98 Å². The number of likely N-dealkylation sites (N-methyl/N-ethyl adjacent to an activating group) is 1. The van der Waals surface area contributed by atoms with Gasteiger partial charge in [-0.15, -0.1) is 11.3 Å². The minimum Gasteiger partial charge on any atom is -0.313 e. The topological polar surface area (TPSA) is 28.2 Å². The van der Waals surface area contributed by atoms with E-state index < -0.39 is 0 Å². The van der Waals surface area contributed by atoms with Crippen molar-refractivity contribution in [2.45, 2.75) is 12.5 Å². The molecule has 2 rings (SSSR count). The fourth-order valence-corrected chi connectivity index (χ4v) is 2.40. The number of hydrogen-bond acceptors (Lipinski definition) is 4. The number of nitrogens with zero attached hydrogens (tertiary/aromatic N) is 2. The van der Waals surface area contributed by atoms with Crippen molar-refractivity contribution in [3.05, 3.63) is 16.6 Å². The number of nitrogens with one attached hydrogen (secondary N) is 1. The van der Waals surface area contributed by atoms with E-state index in [-0.39, 0.29) is 5.54 Å². The summed E-state index contributed by atoms with van der Waals surface area (Å²) < 4.78 is 0. The number of hydrogen-bond donors (Lipinski definition) is 1. The standard InChI is InChI=1S/C9H15N3S/c1-9(8-5-13-7-11-8)6-10-3-4-12(9)2/h5,7,10H,3-4,6H2,1-2H3. The van der Waals surface area contributed by atoms with Crippen LogP contribution in [0.1, 0.15) is 12.6 Å². The predicted octanol–water partition coefficient (Wildman–Crippen LogP) is 0.893. The third kappa shape index (κ3) is 1.49. The summed E-state index contributed by atoms with van der Waals surface area (Å²) in [7, 11) is 2.17. The summed E-state index contributed by atoms with van der Waals surface area (Å²) in [6.45, 7) is 5.41. The molecule has 1 N–H and O–H groups in total. The van der Waals surface area contributed by atoms with E-state index in [4.69, 9.17) is 0 Å². The van der Waals surface area contributed by atoms with Crippen LogP contribution in [-0.2, 0) is 5.54 Å². The van der Waals surface area contributed by atoms with Gasteiger partial charge in [0.1, 0.15) is 0 Å². The highest BCUT2D eigenvalue weighted by Crippen LogP contribution is 2.27. The van der Waals surface area contributed by atoms with Crippen LogP contribution >= 0.6 is 11.3 Å². The Hall–Kier alpha value is -0.450. The third-order valence-electron chi connectivity index (χ3n) is 2.92. The van der Waals surface area contributed by atoms with E-state index in [9.17, 15) is 0 Å². The molecule has 1 saturated heterocycles. The average Bonchev–Trinajstić information content (AvgIpc) is 2.63. The van der Waals surface area contributed by atoms with Crippen molar-refractivity contribution < 1.29 is 0 Å². The molecule has 0 amide bonds. The Morgan fingerprint density at radius 1 is 1.69 bits per heavy atom. The van der Waals surface area contributed by atoms with Crippen LogP contribution in [0.15, 0.2) is 10.9 Å². The molecule has 13 heavy (non-hydrogen) atoms. The van der Waals surface area contributed by atoms with Gasteiger partial charge in [-0.05, 0) is 14.0 Å². The first-order valence-corrected chi connectivity index (χ1v) is 5.48. The molecular weight excluding hydrogens is 182 g/mol. The molecule has 0 spiro atoms. The first-order valence-electron chi connectivity index (χ1n) is 4.54. The minimum atomic E-state index is 0.0816. The molecule has 72 valence electrons. The summed E-state index contributed by atoms with van der Waals surface area (Å²) in [5.41, 5.74) is 3.17. The fourth-order valence-electron chi connectivity index (χ4n) is 1.72. The van der Waals surface area contributed by atoms with E-state index in [1.165, 1.54) is 5.69 Å². The molecule has 1 aliphatic heterocycles. The Balaban J connectivity index is 2.27. The van der Waals surface area contributed by atoms with Crippen molar-refractivity contribution in [2.75, 3.05) is 26.7 Å². The van der Waals surface area contributed by atoms with Gasteiger partial charge in [0.15, 0.2) is 0 Å². The Morgan fingerprint density at radius 2 is 2.54 bits per heavy atom. The van der Waals surface area contributed by atoms with E-state index in [1.807, 2.05) is 5.51 Å². The fraction of sp³-hybridized carbons (Fsp3) is 0.667. The van der Waals surface area contributed by atoms with Gasteiger partial charge in [0.2, 0.25) is 0 Å². The van der Waals surface area contributed by atoms with Crippen LogP contribution in [0.5, 0.6) is 0 Å². The summed E-state index contributed by atoms with van der Waals surface area (Å²) in [6, 6.07) is 0. The van der Waals surface area contributed by atoms with E-state index in [0.717, 1.165) is 19.6 Å². The van der Waals surface area contributed by atoms with Crippen LogP contribution in [-0.4, -0.2) is 36.6 Å². The summed E-state index contributed by atoms with van der Waals surface area (Å²) >= 11 is 1.67. The van der Waals surface area contributed by atoms with Crippen LogP contribution in [0.4, 0.5) is 0 Å². The number of rotatable bonds is 1. The van der Waals surface area contributed by atoms with Crippen molar-refractivity contribution in [3.63, 3.8) is 0 Å². The van der Waals surface area contributed by atoms with Gasteiger partial charge in [0.05, 0.1) is 16.7 Å². The van der Waals surface area contributed by atoms with Crippen molar-refractivity contribution in [1.82, 2.24) is 15.2 Å². The smallest absolute Gasteiger partial charge is 0.0795 e. The number of piperazine rings is 1. The van der Waals surface area contributed by atoms with E-state index in [0.29, 0.717) is 0 Å². The lowest BCUT2D eigenvalue weighted by Gasteiger charge is -2.41. The molecule has 0 bridgehead atoms. The van der Waals surface area contributed by atoms with Crippen LogP contribution in [0.3, 0.4) is 0 Å². The highest BCUT2D eigenvalue weighted by atomic mass is 32.1. The molecule has 2 heterocycles. The van der Waals surface area contributed by atoms with Crippen molar-refractivity contribution in [1.29, 1.82) is 0 Å². The van der Waals surface area contributed by atoms with Gasteiger partial charge in [-0.1, -0.05) is 0 Å². The molecule has 1 atom stereocenters. The number of thiazole rings is 1. The zero-order valence-corrected chi connectivity index (χ0v) is 8.90. The molecule has 1 aromatic rings. The van der Waals surface area contributed by atoms with Crippen LogP contribution in [0.25, 0.3) is 0 Å². The second-order valence-corrected chi connectivity index (χ2v) is 4.46. The maximum atomic E-state index is 4.40. The Morgan fingerprint density at radius 3 is 3.15 bits per heavy atom. The normalized spacial score (nSPS) is 30.6. The lowest BCUT2D eigenvalue weighted by molar-refractivity contribution is 0.100. The minimum absolute atomic E-state index is 0.0816. The van der Waals surface area contributed by atoms with E-state index in [2.05, 4.69) is 34.6 Å². The molecule has 0 aliphatic carbocycles. The van der Waals surface area contributed by atoms with Gasteiger partial charge in [-0.2, -0.15) is 0 Å². The Kier molecular flexibility index (Phi) is 2.36. The lowest BCUT2D eigenvalue weighted by Crippen LogP contribution is -2.55. The molecule has 0 aromatic carbocycles. The second-order valence-electron chi connectivity index (χ2n) is 3.75. The van der Waals surface area contributed by atoms with Gasteiger partial charge >= 0.3 is 0 Å². The van der Waals surface area contributed by atoms with E-state index in [1.54, 1.807) is 11.3 Å². The maximum absolute atomic E-state index is 4.40. The van der Waals surface area contributed by atoms with Crippen LogP contribution < -0.4 is 5.32 Å². The highest BCUT2D eigenvalue weighted by Gasteiger charge is 2.34. The third-order valence-corrected chi connectivity index (χ3v) is 3.51. The molecule has 1 unspecified atom stereocenters. The van der Waals surface area contributed by atoms with Crippen LogP contribution in [0.2, 0.25) is 0 Å². The summed E-state index contributed by atoms with van der Waals surface area (Å²) in [5.74, 6) is 0. The van der Waals surface area contributed by atoms with Crippen molar-refractivity contribution in [2.24, 2.45) is 0 Å². The molecular formula is C9H15N3S. The van der Waals surface area contributed by atoms with Crippen molar-refractivity contribution in [3.8, 4) is 0 Å². The average molecular weight is 197 g/mol. The second kappa shape index (κ2) is 3.36. The summed E-state index contributed by atoms with van der Waals surface area (Å²) in [5, 5.41) is 5.56. The maximum Gasteiger partial charge on any atom is 0.0795 e. The molecule has 0 saturated carbocycles. The van der Waals surface area contributed by atoms with Crippen molar-refractivity contribution >= 4 is 11.3 Å². The Labute approximate surface area is 82.8 Å². The number of aromatic nitrogens is 1. The zero-order chi connectivity index (χ0) is 9.31. The predicted molar refractivity (Wildman–Crippen MR) is 55.0 cm³/mol. The van der Waals surface area contributed by atoms with Gasteiger partial charge < -0.3 is 5.32 Å². The van der Waals surface area contributed by atoms with Crippen LogP contribution in [0, 0.1) is 0 Å². The monoisotopic (exact) mass is 197 g/mol. The zero-order valence-electron chi connectivity index (χ0n) is 8.08.